The lowest BCUT2D eigenvalue weighted by atomic mass is 9.98. The molecular formula is C13H13ClFNS. The molecule has 1 nitrogen and oxygen atoms in total. The van der Waals surface area contributed by atoms with Crippen LogP contribution in [0.1, 0.15) is 25.8 Å². The van der Waals surface area contributed by atoms with Crippen LogP contribution in [0.15, 0.2) is 23.6 Å². The van der Waals surface area contributed by atoms with E-state index in [2.05, 4.69) is 25.8 Å². The van der Waals surface area contributed by atoms with Gasteiger partial charge in [0.1, 0.15) is 5.82 Å². The predicted octanol–water partition coefficient (Wildman–Crippen LogP) is 4.90. The molecule has 1 heterocycles. The van der Waals surface area contributed by atoms with Crippen molar-refractivity contribution in [3.05, 3.63) is 39.4 Å². The number of hydrogen-bond donors (Lipinski definition) is 0. The minimum atomic E-state index is -0.408. The van der Waals surface area contributed by atoms with Crippen molar-refractivity contribution in [3.8, 4) is 11.3 Å². The first-order valence-electron chi connectivity index (χ1n) is 5.29. The van der Waals surface area contributed by atoms with Crippen LogP contribution >= 0.6 is 22.9 Å². The van der Waals surface area contributed by atoms with Crippen LogP contribution in [0, 0.1) is 5.82 Å². The third-order valence-electron chi connectivity index (χ3n) is 2.36. The quantitative estimate of drug-likeness (QED) is 0.717. The Morgan fingerprint density at radius 1 is 1.29 bits per heavy atom. The Morgan fingerprint density at radius 2 is 2.00 bits per heavy atom. The summed E-state index contributed by atoms with van der Waals surface area (Å²) in [5.74, 6) is -0.408. The molecule has 0 amide bonds. The molecule has 1 aromatic carbocycles. The molecule has 1 aromatic heterocycles. The zero-order valence-corrected chi connectivity index (χ0v) is 11.5. The summed E-state index contributed by atoms with van der Waals surface area (Å²) in [5, 5.41) is 3.13. The summed E-state index contributed by atoms with van der Waals surface area (Å²) in [6.07, 6.45) is 0. The lowest BCUT2D eigenvalue weighted by Gasteiger charge is -2.13. The second kappa shape index (κ2) is 4.39. The van der Waals surface area contributed by atoms with E-state index in [1.807, 2.05) is 5.38 Å². The summed E-state index contributed by atoms with van der Waals surface area (Å²) in [6, 6.07) is 4.76. The Hall–Kier alpha value is -0.930. The molecular weight excluding hydrogens is 257 g/mol. The van der Waals surface area contributed by atoms with Gasteiger partial charge in [0, 0.05) is 16.4 Å². The Bertz CT molecular complexity index is 543. The maximum atomic E-state index is 13.3. The number of nitrogens with zero attached hydrogens (tertiary/aromatic N) is 1. The van der Waals surface area contributed by atoms with Gasteiger partial charge in [-0.05, 0) is 12.1 Å². The van der Waals surface area contributed by atoms with Gasteiger partial charge in [0.25, 0.3) is 0 Å². The lowest BCUT2D eigenvalue weighted by Crippen LogP contribution is -2.10. The van der Waals surface area contributed by atoms with E-state index in [1.165, 1.54) is 6.07 Å². The highest BCUT2D eigenvalue weighted by Crippen LogP contribution is 2.30. The van der Waals surface area contributed by atoms with Crippen molar-refractivity contribution in [1.29, 1.82) is 0 Å². The topological polar surface area (TPSA) is 12.9 Å². The Labute approximate surface area is 109 Å². The first-order valence-corrected chi connectivity index (χ1v) is 6.55. The molecule has 0 radical (unpaired) electrons. The predicted molar refractivity (Wildman–Crippen MR) is 71.2 cm³/mol. The summed E-state index contributed by atoms with van der Waals surface area (Å²) in [4.78, 5) is 4.53. The smallest absolute Gasteiger partial charge is 0.142 e. The van der Waals surface area contributed by atoms with E-state index in [1.54, 1.807) is 23.5 Å². The second-order valence-electron chi connectivity index (χ2n) is 4.92. The van der Waals surface area contributed by atoms with Crippen LogP contribution in [0.2, 0.25) is 5.02 Å². The molecule has 0 saturated carbocycles. The number of hydrogen-bond acceptors (Lipinski definition) is 2. The number of halogens is 2. The van der Waals surface area contributed by atoms with Gasteiger partial charge in [-0.25, -0.2) is 9.37 Å². The zero-order valence-electron chi connectivity index (χ0n) is 9.92. The first-order chi connectivity index (χ1) is 7.88. The maximum absolute atomic E-state index is 13.3. The fraction of sp³-hybridized carbons (Fsp3) is 0.308. The highest BCUT2D eigenvalue weighted by molar-refractivity contribution is 7.10. The molecule has 2 aromatic rings. The fourth-order valence-corrected chi connectivity index (χ4v) is 2.44. The lowest BCUT2D eigenvalue weighted by molar-refractivity contribution is 0.586. The van der Waals surface area contributed by atoms with E-state index < -0.39 is 5.82 Å². The van der Waals surface area contributed by atoms with Crippen molar-refractivity contribution in [1.82, 2.24) is 4.98 Å². The number of rotatable bonds is 1. The summed E-state index contributed by atoms with van der Waals surface area (Å²) in [5.41, 5.74) is 1.59. The van der Waals surface area contributed by atoms with E-state index >= 15 is 0 Å². The second-order valence-corrected chi connectivity index (χ2v) is 6.18. The van der Waals surface area contributed by atoms with Gasteiger partial charge in [-0.15, -0.1) is 11.3 Å². The Balaban J connectivity index is 2.40. The minimum Gasteiger partial charge on any atom is -0.241 e. The third-order valence-corrected chi connectivity index (χ3v) is 3.94. The van der Waals surface area contributed by atoms with E-state index in [0.717, 1.165) is 16.3 Å². The van der Waals surface area contributed by atoms with Crippen LogP contribution in [-0.2, 0) is 5.41 Å². The zero-order chi connectivity index (χ0) is 12.6. The van der Waals surface area contributed by atoms with Gasteiger partial charge in [0.05, 0.1) is 15.7 Å². The van der Waals surface area contributed by atoms with E-state index in [9.17, 15) is 4.39 Å². The van der Waals surface area contributed by atoms with Crippen LogP contribution < -0.4 is 0 Å². The van der Waals surface area contributed by atoms with Crippen molar-refractivity contribution in [2.75, 3.05) is 0 Å². The van der Waals surface area contributed by atoms with Crippen LogP contribution in [0.3, 0.4) is 0 Å². The first kappa shape index (κ1) is 12.5. The molecule has 0 N–H and O–H groups in total. The van der Waals surface area contributed by atoms with Crippen LogP contribution in [0.4, 0.5) is 4.39 Å². The van der Waals surface area contributed by atoms with Gasteiger partial charge in [-0.3, -0.25) is 0 Å². The van der Waals surface area contributed by atoms with Gasteiger partial charge in [0.2, 0.25) is 0 Å². The van der Waals surface area contributed by atoms with Crippen LogP contribution in [-0.4, -0.2) is 4.98 Å². The molecule has 0 unspecified atom stereocenters. The highest BCUT2D eigenvalue weighted by atomic mass is 35.5. The van der Waals surface area contributed by atoms with Gasteiger partial charge in [0.15, 0.2) is 0 Å². The molecule has 0 aliphatic carbocycles. The largest absolute Gasteiger partial charge is 0.241 e. The summed E-state index contributed by atoms with van der Waals surface area (Å²) >= 11 is 7.25. The van der Waals surface area contributed by atoms with Crippen molar-refractivity contribution < 1.29 is 4.39 Å². The van der Waals surface area contributed by atoms with Crippen molar-refractivity contribution in [2.45, 2.75) is 26.2 Å². The van der Waals surface area contributed by atoms with Crippen molar-refractivity contribution >= 4 is 22.9 Å². The van der Waals surface area contributed by atoms with E-state index in [-0.39, 0.29) is 10.4 Å². The molecule has 90 valence electrons. The van der Waals surface area contributed by atoms with E-state index in [4.69, 9.17) is 11.6 Å². The SMILES string of the molecule is CC(C)(C)c1nc(-c2ccc(Cl)c(F)c2)cs1. The maximum Gasteiger partial charge on any atom is 0.142 e. The molecule has 0 aliphatic heterocycles. The highest BCUT2D eigenvalue weighted by Gasteiger charge is 2.18. The normalized spacial score (nSPS) is 11.8. The van der Waals surface area contributed by atoms with Gasteiger partial charge in [-0.2, -0.15) is 0 Å². The van der Waals surface area contributed by atoms with Crippen LogP contribution in [0.5, 0.6) is 0 Å². The molecule has 0 fully saturated rings. The summed E-state index contributed by atoms with van der Waals surface area (Å²) < 4.78 is 13.3. The molecule has 0 atom stereocenters. The molecule has 0 bridgehead atoms. The standard InChI is InChI=1S/C13H13ClFNS/c1-13(2,3)12-16-11(7-17-12)8-4-5-9(14)10(15)6-8/h4-7H,1-3H3. The fourth-order valence-electron chi connectivity index (χ4n) is 1.41. The Kier molecular flexibility index (Phi) is 3.23. The Morgan fingerprint density at radius 3 is 2.53 bits per heavy atom. The van der Waals surface area contributed by atoms with E-state index in [0.29, 0.717) is 0 Å². The number of thiazole rings is 1. The average Bonchev–Trinajstić information content (AvgIpc) is 2.70. The van der Waals surface area contributed by atoms with Gasteiger partial charge in [-0.1, -0.05) is 38.4 Å². The summed E-state index contributed by atoms with van der Waals surface area (Å²) in [7, 11) is 0. The monoisotopic (exact) mass is 269 g/mol. The molecule has 2 rings (SSSR count). The molecule has 4 heteroatoms. The minimum absolute atomic E-state index is 0.0217. The average molecular weight is 270 g/mol. The molecule has 0 aliphatic rings. The summed E-state index contributed by atoms with van der Waals surface area (Å²) in [6.45, 7) is 6.33. The van der Waals surface area contributed by atoms with Crippen molar-refractivity contribution in [3.63, 3.8) is 0 Å². The number of benzene rings is 1. The van der Waals surface area contributed by atoms with Gasteiger partial charge < -0.3 is 0 Å². The van der Waals surface area contributed by atoms with Crippen molar-refractivity contribution in [2.24, 2.45) is 0 Å². The van der Waals surface area contributed by atoms with Gasteiger partial charge >= 0.3 is 0 Å². The third kappa shape index (κ3) is 2.67. The molecule has 17 heavy (non-hydrogen) atoms. The molecule has 0 saturated heterocycles. The number of aromatic nitrogens is 1. The molecule has 0 spiro atoms. The van der Waals surface area contributed by atoms with Crippen LogP contribution in [0.25, 0.3) is 11.3 Å².